The quantitative estimate of drug-likeness (QED) is 0.255. The van der Waals surface area contributed by atoms with Crippen molar-refractivity contribution in [1.82, 2.24) is 0 Å². The molecule has 0 spiro atoms. The number of carbonyl (C=O) groups is 2. The molecule has 62 valence electrons. The Balaban J connectivity index is 3.89. The number of carbonyl (C=O) groups excluding carboxylic acids is 2. The van der Waals surface area contributed by atoms with Crippen molar-refractivity contribution in [2.45, 2.75) is 0 Å². The maximum atomic E-state index is 10.5. The van der Waals surface area contributed by atoms with E-state index >= 15 is 0 Å². The first-order valence-electron chi connectivity index (χ1n) is 2.76. The Bertz CT molecular complexity index is 274. The monoisotopic (exact) mass is 167 g/mol. The summed E-state index contributed by atoms with van der Waals surface area (Å²) < 4.78 is 0. The van der Waals surface area contributed by atoms with Gasteiger partial charge in [0.15, 0.2) is 0 Å². The van der Waals surface area contributed by atoms with Crippen LogP contribution in [-0.4, -0.2) is 11.9 Å². The van der Waals surface area contributed by atoms with Crippen molar-refractivity contribution in [2.24, 2.45) is 0 Å². The Labute approximate surface area is 68.4 Å². The topological polar surface area (TPSA) is 76.4 Å². The van der Waals surface area contributed by atoms with Gasteiger partial charge in [-0.05, 0) is 0 Å². The van der Waals surface area contributed by atoms with E-state index in [4.69, 9.17) is 5.26 Å². The average molecular weight is 167 g/mol. The number of rotatable bonds is 2. The standard InChI is InChI=1S/C7H5NO4/c1-3-6(9)11-12-7(10)5(2)4-8/h3H,1-2H2. The highest BCUT2D eigenvalue weighted by molar-refractivity contribution is 5.92. The zero-order valence-electron chi connectivity index (χ0n) is 6.07. The van der Waals surface area contributed by atoms with Gasteiger partial charge in [0.1, 0.15) is 11.6 Å². The predicted octanol–water partition coefficient (Wildman–Crippen LogP) is 0.254. The van der Waals surface area contributed by atoms with Crippen molar-refractivity contribution >= 4 is 11.9 Å². The molecule has 12 heavy (non-hydrogen) atoms. The van der Waals surface area contributed by atoms with Crippen LogP contribution in [0.25, 0.3) is 0 Å². The molecule has 0 bridgehead atoms. The van der Waals surface area contributed by atoms with E-state index < -0.39 is 17.5 Å². The minimum atomic E-state index is -1.10. The molecule has 0 heterocycles. The van der Waals surface area contributed by atoms with E-state index in [2.05, 4.69) is 22.9 Å². The van der Waals surface area contributed by atoms with Gasteiger partial charge in [-0.3, -0.25) is 0 Å². The van der Waals surface area contributed by atoms with Gasteiger partial charge in [0.25, 0.3) is 0 Å². The summed E-state index contributed by atoms with van der Waals surface area (Å²) in [5.74, 6) is -2.03. The molecule has 0 saturated heterocycles. The average Bonchev–Trinajstić information content (AvgIpc) is 2.11. The summed E-state index contributed by atoms with van der Waals surface area (Å²) in [5, 5.41) is 8.12. The van der Waals surface area contributed by atoms with Crippen molar-refractivity contribution in [3.63, 3.8) is 0 Å². The summed E-state index contributed by atoms with van der Waals surface area (Å²) in [6.07, 6.45) is 0.808. The van der Waals surface area contributed by atoms with Gasteiger partial charge in [0.2, 0.25) is 0 Å². The van der Waals surface area contributed by atoms with Crippen LogP contribution in [-0.2, 0) is 19.4 Å². The summed E-state index contributed by atoms with van der Waals surface area (Å²) in [4.78, 5) is 28.6. The highest BCUT2D eigenvalue weighted by Gasteiger charge is 2.10. The third-order valence-electron chi connectivity index (χ3n) is 0.748. The minimum absolute atomic E-state index is 0.452. The van der Waals surface area contributed by atoms with Crippen molar-refractivity contribution < 1.29 is 19.4 Å². The van der Waals surface area contributed by atoms with E-state index in [1.54, 1.807) is 0 Å². The minimum Gasteiger partial charge on any atom is -0.242 e. The fourth-order valence-corrected chi connectivity index (χ4v) is 0.209. The van der Waals surface area contributed by atoms with Gasteiger partial charge in [-0.15, -0.1) is 0 Å². The van der Waals surface area contributed by atoms with Gasteiger partial charge in [-0.1, -0.05) is 13.2 Å². The molecule has 0 aromatic carbocycles. The molecule has 0 aromatic rings. The van der Waals surface area contributed by atoms with E-state index in [9.17, 15) is 9.59 Å². The number of nitrogens with zero attached hydrogens (tertiary/aromatic N) is 1. The molecule has 0 aliphatic heterocycles. The Kier molecular flexibility index (Phi) is 3.87. The van der Waals surface area contributed by atoms with Crippen LogP contribution in [0.4, 0.5) is 0 Å². The smallest absolute Gasteiger partial charge is 0.242 e. The lowest BCUT2D eigenvalue weighted by atomic mass is 10.4. The van der Waals surface area contributed by atoms with Crippen LogP contribution in [0.2, 0.25) is 0 Å². The molecular weight excluding hydrogens is 162 g/mol. The van der Waals surface area contributed by atoms with Crippen molar-refractivity contribution in [1.29, 1.82) is 5.26 Å². The van der Waals surface area contributed by atoms with Gasteiger partial charge < -0.3 is 0 Å². The second-order valence-electron chi connectivity index (χ2n) is 1.57. The van der Waals surface area contributed by atoms with E-state index in [-0.39, 0.29) is 0 Å². The van der Waals surface area contributed by atoms with E-state index in [1.807, 2.05) is 0 Å². The van der Waals surface area contributed by atoms with Crippen LogP contribution in [0, 0.1) is 11.3 Å². The van der Waals surface area contributed by atoms with Gasteiger partial charge in [0.05, 0.1) is 0 Å². The SMILES string of the molecule is C=CC(=O)OOC(=O)C(=C)C#N. The molecule has 0 aliphatic rings. The lowest BCUT2D eigenvalue weighted by Crippen LogP contribution is -2.10. The van der Waals surface area contributed by atoms with Gasteiger partial charge in [0, 0.05) is 6.08 Å². The zero-order chi connectivity index (χ0) is 9.56. The third kappa shape index (κ3) is 3.17. The molecule has 0 atom stereocenters. The molecule has 0 saturated carbocycles. The largest absolute Gasteiger partial charge is 0.396 e. The first-order chi connectivity index (χ1) is 5.61. The molecule has 5 heteroatoms. The maximum absolute atomic E-state index is 10.5. The zero-order valence-corrected chi connectivity index (χ0v) is 6.07. The summed E-state index contributed by atoms with van der Waals surface area (Å²) in [7, 11) is 0. The molecule has 0 rings (SSSR count). The lowest BCUT2D eigenvalue weighted by molar-refractivity contribution is -0.251. The van der Waals surface area contributed by atoms with Crippen LogP contribution in [0.15, 0.2) is 24.8 Å². The molecular formula is C7H5NO4. The molecule has 0 radical (unpaired) electrons. The summed E-state index contributed by atoms with van der Waals surface area (Å²) in [5.41, 5.74) is -0.452. The Morgan fingerprint density at radius 1 is 1.42 bits per heavy atom. The van der Waals surface area contributed by atoms with Crippen molar-refractivity contribution in [3.8, 4) is 6.07 Å². The molecule has 0 amide bonds. The summed E-state index contributed by atoms with van der Waals surface area (Å²) in [6, 6.07) is 1.42. The molecule has 0 aromatic heterocycles. The highest BCUT2D eigenvalue weighted by Crippen LogP contribution is 1.93. The number of hydrogen-bond acceptors (Lipinski definition) is 5. The highest BCUT2D eigenvalue weighted by atomic mass is 17.2. The normalized spacial score (nSPS) is 7.58. The number of nitriles is 1. The molecule has 0 aliphatic carbocycles. The van der Waals surface area contributed by atoms with Crippen LogP contribution in [0.3, 0.4) is 0 Å². The van der Waals surface area contributed by atoms with E-state index in [1.165, 1.54) is 6.07 Å². The second-order valence-corrected chi connectivity index (χ2v) is 1.57. The van der Waals surface area contributed by atoms with Crippen molar-refractivity contribution in [2.75, 3.05) is 0 Å². The predicted molar refractivity (Wildman–Crippen MR) is 37.1 cm³/mol. The maximum Gasteiger partial charge on any atom is 0.396 e. The number of hydrogen-bond donors (Lipinski definition) is 0. The molecule has 0 N–H and O–H groups in total. The molecule has 0 fully saturated rings. The van der Waals surface area contributed by atoms with Crippen molar-refractivity contribution in [3.05, 3.63) is 24.8 Å². The fraction of sp³-hybridized carbons (Fsp3) is 0. The summed E-state index contributed by atoms with van der Waals surface area (Å²) >= 11 is 0. The van der Waals surface area contributed by atoms with E-state index in [0.717, 1.165) is 6.08 Å². The first-order valence-corrected chi connectivity index (χ1v) is 2.76. The Morgan fingerprint density at radius 2 is 2.00 bits per heavy atom. The van der Waals surface area contributed by atoms with Crippen LogP contribution < -0.4 is 0 Å². The molecule has 5 nitrogen and oxygen atoms in total. The fourth-order valence-electron chi connectivity index (χ4n) is 0.209. The van der Waals surface area contributed by atoms with E-state index in [0.29, 0.717) is 0 Å². The van der Waals surface area contributed by atoms with Gasteiger partial charge in [-0.2, -0.15) is 5.26 Å². The summed E-state index contributed by atoms with van der Waals surface area (Å²) in [6.45, 7) is 6.07. The lowest BCUT2D eigenvalue weighted by Gasteiger charge is -1.96. The van der Waals surface area contributed by atoms with Crippen LogP contribution in [0.5, 0.6) is 0 Å². The molecule has 0 unspecified atom stereocenters. The van der Waals surface area contributed by atoms with Crippen LogP contribution >= 0.6 is 0 Å². The van der Waals surface area contributed by atoms with Gasteiger partial charge in [-0.25, -0.2) is 19.4 Å². The first kappa shape index (κ1) is 9.91. The second kappa shape index (κ2) is 4.68. The van der Waals surface area contributed by atoms with Gasteiger partial charge >= 0.3 is 11.9 Å². The van der Waals surface area contributed by atoms with Crippen LogP contribution in [0.1, 0.15) is 0 Å². The Morgan fingerprint density at radius 3 is 2.42 bits per heavy atom. The Hall–Kier alpha value is -2.09. The third-order valence-corrected chi connectivity index (χ3v) is 0.748.